The smallest absolute Gasteiger partial charge is 0.275 e. The predicted octanol–water partition coefficient (Wildman–Crippen LogP) is 5.08. The highest BCUT2D eigenvalue weighted by Crippen LogP contribution is 2.19. The number of para-hydroxylation sites is 1. The lowest BCUT2D eigenvalue weighted by Crippen LogP contribution is -2.18. The van der Waals surface area contributed by atoms with E-state index in [0.29, 0.717) is 17.9 Å². The number of carbonyl (C=O) groups is 1. The van der Waals surface area contributed by atoms with Gasteiger partial charge in [0.15, 0.2) is 0 Å². The zero-order chi connectivity index (χ0) is 19.6. The summed E-state index contributed by atoms with van der Waals surface area (Å²) in [6.45, 7) is 2.33. The van der Waals surface area contributed by atoms with E-state index >= 15 is 0 Å². The molecule has 0 aliphatic carbocycles. The van der Waals surface area contributed by atoms with Crippen LogP contribution in [0.5, 0.6) is 5.75 Å². The number of allylic oxidation sites excluding steroid dienone is 1. The highest BCUT2D eigenvalue weighted by molar-refractivity contribution is 5.97. The van der Waals surface area contributed by atoms with Gasteiger partial charge < -0.3 is 4.74 Å². The van der Waals surface area contributed by atoms with Crippen LogP contribution in [0.25, 0.3) is 6.08 Å². The lowest BCUT2D eigenvalue weighted by atomic mass is 10.1. The van der Waals surface area contributed by atoms with E-state index in [9.17, 15) is 4.79 Å². The number of hydrogen-bond acceptors (Lipinski definition) is 3. The van der Waals surface area contributed by atoms with Crippen molar-refractivity contribution in [3.63, 3.8) is 0 Å². The number of nitrogens with one attached hydrogen (secondary N) is 1. The summed E-state index contributed by atoms with van der Waals surface area (Å²) in [5.41, 5.74) is 6.06. The van der Waals surface area contributed by atoms with Crippen LogP contribution < -0.4 is 10.2 Å². The summed E-state index contributed by atoms with van der Waals surface area (Å²) in [5, 5.41) is 4.05. The molecule has 0 unspecified atom stereocenters. The Bertz CT molecular complexity index is 964. The quantitative estimate of drug-likeness (QED) is 0.465. The number of hydrogen-bond donors (Lipinski definition) is 1. The Morgan fingerprint density at radius 2 is 1.57 bits per heavy atom. The standard InChI is InChI=1S/C24H22N2O2/c1-19(16-20-10-4-2-5-11-20)17-25-26-24(27)22-14-8-9-15-23(22)28-18-21-12-6-3-7-13-21/h2-17H,18H2,1H3,(H,26,27)/b19-16-,25-17+. The summed E-state index contributed by atoms with van der Waals surface area (Å²) in [6, 6.07) is 26.9. The molecule has 3 rings (SSSR count). The van der Waals surface area contributed by atoms with Crippen LogP contribution in [0.1, 0.15) is 28.4 Å². The van der Waals surface area contributed by atoms with Gasteiger partial charge in [0.05, 0.1) is 11.8 Å². The summed E-state index contributed by atoms with van der Waals surface area (Å²) in [5.74, 6) is 0.211. The van der Waals surface area contributed by atoms with E-state index in [-0.39, 0.29) is 5.91 Å². The molecule has 0 heterocycles. The summed E-state index contributed by atoms with van der Waals surface area (Å²) in [6.07, 6.45) is 3.62. The van der Waals surface area contributed by atoms with Gasteiger partial charge in [0.25, 0.3) is 5.91 Å². The van der Waals surface area contributed by atoms with E-state index in [1.807, 2.05) is 79.7 Å². The minimum atomic E-state index is -0.313. The van der Waals surface area contributed by atoms with Crippen LogP contribution in [-0.2, 0) is 6.61 Å². The van der Waals surface area contributed by atoms with Crippen LogP contribution in [0.3, 0.4) is 0 Å². The second-order valence-electron chi connectivity index (χ2n) is 6.27. The summed E-state index contributed by atoms with van der Waals surface area (Å²) in [7, 11) is 0. The fourth-order valence-electron chi connectivity index (χ4n) is 2.62. The zero-order valence-electron chi connectivity index (χ0n) is 15.7. The van der Waals surface area contributed by atoms with Crippen LogP contribution in [0.15, 0.2) is 95.6 Å². The molecule has 3 aromatic carbocycles. The van der Waals surface area contributed by atoms with E-state index in [4.69, 9.17) is 4.74 Å². The molecular weight excluding hydrogens is 348 g/mol. The van der Waals surface area contributed by atoms with E-state index in [0.717, 1.165) is 16.7 Å². The van der Waals surface area contributed by atoms with Crippen LogP contribution in [0, 0.1) is 0 Å². The van der Waals surface area contributed by atoms with Gasteiger partial charge in [-0.3, -0.25) is 4.79 Å². The summed E-state index contributed by atoms with van der Waals surface area (Å²) in [4.78, 5) is 12.5. The normalized spacial score (nSPS) is 11.4. The summed E-state index contributed by atoms with van der Waals surface area (Å²) >= 11 is 0. The van der Waals surface area contributed by atoms with E-state index in [2.05, 4.69) is 10.5 Å². The summed E-state index contributed by atoms with van der Waals surface area (Å²) < 4.78 is 5.83. The molecule has 0 aromatic heterocycles. The van der Waals surface area contributed by atoms with Gasteiger partial charge in [-0.2, -0.15) is 5.10 Å². The molecule has 0 aliphatic heterocycles. The topological polar surface area (TPSA) is 50.7 Å². The second kappa shape index (κ2) is 9.88. The molecule has 0 atom stereocenters. The Kier molecular flexibility index (Phi) is 6.74. The first-order valence-electron chi connectivity index (χ1n) is 9.05. The fourth-order valence-corrected chi connectivity index (χ4v) is 2.62. The van der Waals surface area contributed by atoms with Gasteiger partial charge in [0.2, 0.25) is 0 Å². The molecule has 0 saturated heterocycles. The molecule has 1 N–H and O–H groups in total. The molecule has 0 fully saturated rings. The molecule has 4 heteroatoms. The third-order valence-corrected chi connectivity index (χ3v) is 4.00. The monoisotopic (exact) mass is 370 g/mol. The van der Waals surface area contributed by atoms with Crippen molar-refractivity contribution < 1.29 is 9.53 Å². The molecular formula is C24H22N2O2. The average Bonchev–Trinajstić information content (AvgIpc) is 2.74. The van der Waals surface area contributed by atoms with E-state index < -0.39 is 0 Å². The minimum absolute atomic E-state index is 0.313. The largest absolute Gasteiger partial charge is 0.488 e. The van der Waals surface area contributed by atoms with Crippen molar-refractivity contribution in [3.8, 4) is 5.75 Å². The SMILES string of the molecule is CC(=C/c1ccccc1)/C=N/NC(=O)c1ccccc1OCc1ccccc1. The van der Waals surface area contributed by atoms with Gasteiger partial charge in [-0.15, -0.1) is 0 Å². The lowest BCUT2D eigenvalue weighted by molar-refractivity contribution is 0.0950. The molecule has 140 valence electrons. The van der Waals surface area contributed by atoms with Crippen LogP contribution in [0.2, 0.25) is 0 Å². The first kappa shape index (κ1) is 19.1. The van der Waals surface area contributed by atoms with Crippen molar-refractivity contribution in [2.75, 3.05) is 0 Å². The Balaban J connectivity index is 1.62. The fraction of sp³-hybridized carbons (Fsp3) is 0.0833. The minimum Gasteiger partial charge on any atom is -0.488 e. The van der Waals surface area contributed by atoms with Gasteiger partial charge in [0.1, 0.15) is 12.4 Å². The molecule has 4 nitrogen and oxygen atoms in total. The number of nitrogens with zero attached hydrogens (tertiary/aromatic N) is 1. The van der Waals surface area contributed by atoms with Crippen LogP contribution in [-0.4, -0.2) is 12.1 Å². The molecule has 0 bridgehead atoms. The average molecular weight is 370 g/mol. The van der Waals surface area contributed by atoms with Crippen molar-refractivity contribution >= 4 is 18.2 Å². The van der Waals surface area contributed by atoms with Crippen molar-refractivity contribution in [2.24, 2.45) is 5.10 Å². The Labute approximate surface area is 165 Å². The molecule has 0 spiro atoms. The predicted molar refractivity (Wildman–Crippen MR) is 113 cm³/mol. The Hall–Kier alpha value is -3.66. The zero-order valence-corrected chi connectivity index (χ0v) is 15.7. The van der Waals surface area contributed by atoms with Crippen molar-refractivity contribution in [1.29, 1.82) is 0 Å². The lowest BCUT2D eigenvalue weighted by Gasteiger charge is -2.10. The number of rotatable bonds is 7. The van der Waals surface area contributed by atoms with Gasteiger partial charge in [-0.1, -0.05) is 78.9 Å². The molecule has 0 saturated carbocycles. The van der Waals surface area contributed by atoms with Gasteiger partial charge in [-0.25, -0.2) is 5.43 Å². The molecule has 3 aromatic rings. The highest BCUT2D eigenvalue weighted by atomic mass is 16.5. The second-order valence-corrected chi connectivity index (χ2v) is 6.27. The van der Waals surface area contributed by atoms with Crippen molar-refractivity contribution in [2.45, 2.75) is 13.5 Å². The van der Waals surface area contributed by atoms with Gasteiger partial charge in [-0.05, 0) is 35.8 Å². The van der Waals surface area contributed by atoms with E-state index in [1.165, 1.54) is 0 Å². The van der Waals surface area contributed by atoms with Gasteiger partial charge >= 0.3 is 0 Å². The number of benzene rings is 3. The first-order valence-corrected chi connectivity index (χ1v) is 9.05. The first-order chi connectivity index (χ1) is 13.7. The number of ether oxygens (including phenoxy) is 1. The van der Waals surface area contributed by atoms with E-state index in [1.54, 1.807) is 24.4 Å². The number of amides is 1. The number of hydrazone groups is 1. The van der Waals surface area contributed by atoms with Crippen molar-refractivity contribution in [3.05, 3.63) is 107 Å². The highest BCUT2D eigenvalue weighted by Gasteiger charge is 2.11. The maximum absolute atomic E-state index is 12.5. The van der Waals surface area contributed by atoms with Crippen LogP contribution >= 0.6 is 0 Å². The third-order valence-electron chi connectivity index (χ3n) is 4.00. The third kappa shape index (κ3) is 5.68. The maximum Gasteiger partial charge on any atom is 0.275 e. The number of carbonyl (C=O) groups excluding carboxylic acids is 1. The maximum atomic E-state index is 12.5. The molecule has 1 amide bonds. The Morgan fingerprint density at radius 1 is 0.929 bits per heavy atom. The van der Waals surface area contributed by atoms with Crippen LogP contribution in [0.4, 0.5) is 0 Å². The van der Waals surface area contributed by atoms with Gasteiger partial charge in [0, 0.05) is 0 Å². The molecule has 0 aliphatic rings. The van der Waals surface area contributed by atoms with Crippen molar-refractivity contribution in [1.82, 2.24) is 5.43 Å². The molecule has 28 heavy (non-hydrogen) atoms. The molecule has 0 radical (unpaired) electrons. The Morgan fingerprint density at radius 3 is 2.32 bits per heavy atom.